The van der Waals surface area contributed by atoms with E-state index in [2.05, 4.69) is 19.5 Å². The van der Waals surface area contributed by atoms with Gasteiger partial charge in [0.15, 0.2) is 23.2 Å². The maximum absolute atomic E-state index is 11.5. The Morgan fingerprint density at radius 2 is 2.04 bits per heavy atom. The van der Waals surface area contributed by atoms with Crippen molar-refractivity contribution in [3.8, 4) is 0 Å². The predicted molar refractivity (Wildman–Crippen MR) is 80.6 cm³/mol. The average Bonchev–Trinajstić information content (AvgIpc) is 3.05. The highest BCUT2D eigenvalue weighted by Gasteiger charge is 2.46. The van der Waals surface area contributed by atoms with Crippen LogP contribution in [0.15, 0.2) is 6.33 Å². The van der Waals surface area contributed by atoms with Crippen molar-refractivity contribution in [3.63, 3.8) is 0 Å². The fraction of sp³-hybridized carbons (Fsp3) is 0.455. The second-order valence-corrected chi connectivity index (χ2v) is 6.61. The summed E-state index contributed by atoms with van der Waals surface area (Å²) in [6, 6.07) is 0. The van der Waals surface area contributed by atoms with Crippen molar-refractivity contribution < 1.29 is 43.7 Å². The highest BCUT2D eigenvalue weighted by atomic mass is 31.2. The molecule has 0 spiro atoms. The third-order valence-electron chi connectivity index (χ3n) is 3.70. The monoisotopic (exact) mass is 391 g/mol. The summed E-state index contributed by atoms with van der Waals surface area (Å²) in [6.07, 6.45) is -5.05. The van der Waals surface area contributed by atoms with Crippen molar-refractivity contribution in [3.05, 3.63) is 12.2 Å². The number of nitrogens with two attached hydrogens (primary N) is 1. The number of hydrogen-bond acceptors (Lipinski definition) is 10. The lowest BCUT2D eigenvalue weighted by Crippen LogP contribution is -2.34. The lowest BCUT2D eigenvalue weighted by molar-refractivity contribution is -0.0515. The van der Waals surface area contributed by atoms with E-state index < -0.39 is 50.8 Å². The Morgan fingerprint density at radius 3 is 2.65 bits per heavy atom. The van der Waals surface area contributed by atoms with Crippen molar-refractivity contribution in [2.45, 2.75) is 24.5 Å². The van der Waals surface area contributed by atoms with Crippen LogP contribution in [0.3, 0.4) is 0 Å². The number of anilines is 1. The first-order valence-electron chi connectivity index (χ1n) is 7.03. The van der Waals surface area contributed by atoms with Gasteiger partial charge in [0.1, 0.15) is 24.6 Å². The van der Waals surface area contributed by atoms with Crippen molar-refractivity contribution in [1.29, 1.82) is 0 Å². The number of rotatable bonds is 5. The lowest BCUT2D eigenvalue weighted by atomic mass is 10.1. The van der Waals surface area contributed by atoms with E-state index in [4.69, 9.17) is 20.3 Å². The van der Waals surface area contributed by atoms with Crippen molar-refractivity contribution in [2.75, 3.05) is 12.3 Å². The lowest BCUT2D eigenvalue weighted by Gasteiger charge is -2.18. The molecule has 15 heteroatoms. The van der Waals surface area contributed by atoms with Gasteiger partial charge in [0.05, 0.1) is 6.61 Å². The minimum absolute atomic E-state index is 0.0508. The highest BCUT2D eigenvalue weighted by Crippen LogP contribution is 2.39. The number of imidazole rings is 1. The van der Waals surface area contributed by atoms with E-state index in [0.29, 0.717) is 0 Å². The minimum Gasteiger partial charge on any atom is -0.475 e. The van der Waals surface area contributed by atoms with Crippen LogP contribution in [-0.2, 0) is 13.8 Å². The zero-order valence-electron chi connectivity index (χ0n) is 12.8. The van der Waals surface area contributed by atoms with Gasteiger partial charge in [0.2, 0.25) is 5.82 Å². The standard InChI is InChI=1S/C11H14N5O9P/c12-7-4-8(14-2-13-7)16(9(15-4)11(19)20)10-6(18)5(17)3(25-10)1-24-26(21,22)23/h2-3,5-6,10,17-18H,1H2,(H,19,20)(H2,12,13,14)(H2,21,22,23)/t3-,5-,6-,10-/m1/s1. The first-order chi connectivity index (χ1) is 12.1. The summed E-state index contributed by atoms with van der Waals surface area (Å²) in [6.45, 7) is -0.745. The molecular formula is C11H14N5O9P. The van der Waals surface area contributed by atoms with Gasteiger partial charge in [-0.3, -0.25) is 9.09 Å². The first-order valence-corrected chi connectivity index (χ1v) is 8.56. The zero-order chi connectivity index (χ0) is 19.2. The first kappa shape index (κ1) is 18.6. The topological polar surface area (TPSA) is 223 Å². The van der Waals surface area contributed by atoms with Gasteiger partial charge in [-0.1, -0.05) is 0 Å². The summed E-state index contributed by atoms with van der Waals surface area (Å²) < 4.78 is 21.3. The average molecular weight is 391 g/mol. The molecule has 0 amide bonds. The number of phosphoric ester groups is 1. The van der Waals surface area contributed by atoms with Crippen LogP contribution in [0.2, 0.25) is 0 Å². The molecule has 2 aromatic rings. The summed E-state index contributed by atoms with van der Waals surface area (Å²) >= 11 is 0. The molecule has 0 bridgehead atoms. The number of fused-ring (bicyclic) bond motifs is 1. The summed E-state index contributed by atoms with van der Waals surface area (Å²) in [5, 5.41) is 29.6. The molecule has 0 unspecified atom stereocenters. The largest absolute Gasteiger partial charge is 0.475 e. The second-order valence-electron chi connectivity index (χ2n) is 5.37. The van der Waals surface area contributed by atoms with Crippen LogP contribution < -0.4 is 5.73 Å². The van der Waals surface area contributed by atoms with Gasteiger partial charge in [-0.05, 0) is 0 Å². The Labute approximate surface area is 144 Å². The predicted octanol–water partition coefficient (Wildman–Crippen LogP) is -2.16. The van der Waals surface area contributed by atoms with Crippen molar-refractivity contribution in [1.82, 2.24) is 19.5 Å². The summed E-state index contributed by atoms with van der Waals surface area (Å²) in [5.41, 5.74) is 5.53. The molecule has 3 rings (SSSR count). The smallest absolute Gasteiger partial charge is 0.469 e. The third-order valence-corrected chi connectivity index (χ3v) is 4.18. The number of aliphatic hydroxyl groups is 2. The van der Waals surface area contributed by atoms with Gasteiger partial charge in [0.25, 0.3) is 0 Å². The molecular weight excluding hydrogens is 377 g/mol. The molecule has 1 aliphatic rings. The van der Waals surface area contributed by atoms with Gasteiger partial charge < -0.3 is 35.6 Å². The molecule has 3 heterocycles. The molecule has 4 atom stereocenters. The number of carboxylic acids is 1. The Bertz CT molecular complexity index is 898. The van der Waals surface area contributed by atoms with Crippen LogP contribution in [0.5, 0.6) is 0 Å². The summed E-state index contributed by atoms with van der Waals surface area (Å²) in [5.74, 6) is -2.17. The maximum Gasteiger partial charge on any atom is 0.469 e. The van der Waals surface area contributed by atoms with E-state index in [0.717, 1.165) is 10.9 Å². The summed E-state index contributed by atoms with van der Waals surface area (Å²) in [7, 11) is -4.84. The van der Waals surface area contributed by atoms with E-state index in [1.165, 1.54) is 0 Å². The number of aromatic carboxylic acids is 1. The summed E-state index contributed by atoms with van der Waals surface area (Å²) in [4.78, 5) is 40.3. The van der Waals surface area contributed by atoms with Crippen LogP contribution >= 0.6 is 7.82 Å². The third kappa shape index (κ3) is 3.26. The van der Waals surface area contributed by atoms with Gasteiger partial charge in [0, 0.05) is 0 Å². The van der Waals surface area contributed by atoms with Gasteiger partial charge in [-0.25, -0.2) is 24.3 Å². The number of nitrogens with zero attached hydrogens (tertiary/aromatic N) is 4. The molecule has 1 aliphatic heterocycles. The molecule has 0 aliphatic carbocycles. The van der Waals surface area contributed by atoms with Crippen molar-refractivity contribution >= 4 is 30.8 Å². The molecule has 2 aromatic heterocycles. The number of carbonyl (C=O) groups is 1. The van der Waals surface area contributed by atoms with Crippen LogP contribution in [-0.4, -0.2) is 75.5 Å². The Balaban J connectivity index is 2.01. The number of aliphatic hydroxyl groups excluding tert-OH is 2. The fourth-order valence-corrected chi connectivity index (χ4v) is 2.91. The fourth-order valence-electron chi connectivity index (χ4n) is 2.57. The molecule has 0 aromatic carbocycles. The Morgan fingerprint density at radius 1 is 1.35 bits per heavy atom. The van der Waals surface area contributed by atoms with E-state index >= 15 is 0 Å². The van der Waals surface area contributed by atoms with Crippen LogP contribution in [0.4, 0.5) is 5.82 Å². The molecule has 14 nitrogen and oxygen atoms in total. The van der Waals surface area contributed by atoms with Crippen molar-refractivity contribution in [2.24, 2.45) is 0 Å². The molecule has 0 radical (unpaired) electrons. The number of carboxylic acid groups (broad SMARTS) is 1. The number of phosphoric acid groups is 1. The molecule has 0 saturated carbocycles. The molecule has 7 N–H and O–H groups in total. The van der Waals surface area contributed by atoms with Gasteiger partial charge in [-0.15, -0.1) is 0 Å². The Kier molecular flexibility index (Phi) is 4.66. The quantitative estimate of drug-likeness (QED) is 0.299. The number of nitrogen functional groups attached to an aromatic ring is 1. The Hall–Kier alpha value is -2.19. The van der Waals surface area contributed by atoms with E-state index in [1.54, 1.807) is 0 Å². The number of aromatic nitrogens is 4. The van der Waals surface area contributed by atoms with Gasteiger partial charge in [-0.2, -0.15) is 0 Å². The molecule has 1 saturated heterocycles. The molecule has 142 valence electrons. The van der Waals surface area contributed by atoms with E-state index in [-0.39, 0.29) is 17.0 Å². The SMILES string of the molecule is Nc1ncnc2c1nc(C(=O)O)n2[C@@H]1O[C@H](COP(=O)(O)O)[C@@H](O)[C@H]1O. The van der Waals surface area contributed by atoms with E-state index in [1.807, 2.05) is 0 Å². The van der Waals surface area contributed by atoms with E-state index in [9.17, 15) is 24.7 Å². The zero-order valence-corrected chi connectivity index (χ0v) is 13.7. The molecule has 26 heavy (non-hydrogen) atoms. The number of ether oxygens (including phenoxy) is 1. The normalized spacial score (nSPS) is 26.5. The highest BCUT2D eigenvalue weighted by molar-refractivity contribution is 7.46. The second kappa shape index (κ2) is 6.51. The minimum atomic E-state index is -4.84. The van der Waals surface area contributed by atoms with Crippen LogP contribution in [0, 0.1) is 0 Å². The maximum atomic E-state index is 11.5. The van der Waals surface area contributed by atoms with Crippen LogP contribution in [0.1, 0.15) is 16.8 Å². The van der Waals surface area contributed by atoms with Gasteiger partial charge >= 0.3 is 13.8 Å². The number of hydrogen-bond donors (Lipinski definition) is 6. The van der Waals surface area contributed by atoms with Crippen LogP contribution in [0.25, 0.3) is 11.2 Å². The molecule has 1 fully saturated rings.